The topological polar surface area (TPSA) is 71.1 Å². The summed E-state index contributed by atoms with van der Waals surface area (Å²) < 4.78 is 0. The zero-order valence-corrected chi connectivity index (χ0v) is 16.4. The third kappa shape index (κ3) is 3.30. The van der Waals surface area contributed by atoms with Crippen LogP contribution in [0.15, 0.2) is 60.7 Å². The molecule has 0 radical (unpaired) electrons. The molecule has 1 fully saturated rings. The van der Waals surface area contributed by atoms with E-state index in [2.05, 4.69) is 0 Å². The summed E-state index contributed by atoms with van der Waals surface area (Å²) in [5, 5.41) is 0. The number of carbonyl (C=O) groups is 2. The Bertz CT molecular complexity index is 836. The Morgan fingerprint density at radius 2 is 1.43 bits per heavy atom. The Hall–Kier alpha value is -2.70. The van der Waals surface area contributed by atoms with Crippen molar-refractivity contribution in [1.82, 2.24) is 0 Å². The molecule has 6 nitrogen and oxygen atoms in total. The third-order valence-electron chi connectivity index (χ3n) is 5.49. The van der Waals surface area contributed by atoms with Crippen LogP contribution in [0.25, 0.3) is 0 Å². The summed E-state index contributed by atoms with van der Waals surface area (Å²) in [5.41, 5.74) is -1.64. The Kier molecular flexibility index (Phi) is 5.28. The maximum absolute atomic E-state index is 13.0. The minimum absolute atomic E-state index is 0.0252. The van der Waals surface area contributed by atoms with Gasteiger partial charge in [-0.05, 0) is 17.9 Å². The van der Waals surface area contributed by atoms with E-state index in [0.29, 0.717) is 5.56 Å². The highest BCUT2D eigenvalue weighted by Gasteiger charge is 2.54. The van der Waals surface area contributed by atoms with Gasteiger partial charge in [-0.1, -0.05) is 81.4 Å². The van der Waals surface area contributed by atoms with Crippen LogP contribution >= 0.6 is 0 Å². The molecular formula is C22H24O6. The largest absolute Gasteiger partial charge is 0.397 e. The molecule has 1 aliphatic heterocycles. The SMILES string of the molecule is CC(C)(C)C(C)(C(=O)OOC(=O)C1(c2ccccc2)COO1)c1ccccc1. The lowest BCUT2D eigenvalue weighted by atomic mass is 9.64. The van der Waals surface area contributed by atoms with Gasteiger partial charge in [0.1, 0.15) is 6.61 Å². The van der Waals surface area contributed by atoms with Crippen molar-refractivity contribution in [3.05, 3.63) is 71.8 Å². The average molecular weight is 384 g/mol. The van der Waals surface area contributed by atoms with Gasteiger partial charge in [0.2, 0.25) is 0 Å². The highest BCUT2D eigenvalue weighted by atomic mass is 17.3. The number of carbonyl (C=O) groups excluding carboxylic acids is 2. The van der Waals surface area contributed by atoms with Crippen molar-refractivity contribution < 1.29 is 29.1 Å². The Morgan fingerprint density at radius 3 is 1.89 bits per heavy atom. The monoisotopic (exact) mass is 384 g/mol. The molecule has 0 saturated carbocycles. The molecule has 6 heteroatoms. The molecule has 0 amide bonds. The van der Waals surface area contributed by atoms with Gasteiger partial charge in [-0.25, -0.2) is 29.1 Å². The van der Waals surface area contributed by atoms with E-state index in [1.165, 1.54) is 0 Å². The second kappa shape index (κ2) is 7.37. The molecule has 28 heavy (non-hydrogen) atoms. The molecule has 2 aromatic rings. The van der Waals surface area contributed by atoms with Gasteiger partial charge in [-0.2, -0.15) is 0 Å². The summed E-state index contributed by atoms with van der Waals surface area (Å²) in [6, 6.07) is 18.1. The van der Waals surface area contributed by atoms with E-state index in [1.54, 1.807) is 31.2 Å². The van der Waals surface area contributed by atoms with Crippen molar-refractivity contribution in [1.29, 1.82) is 0 Å². The summed E-state index contributed by atoms with van der Waals surface area (Å²) in [6.45, 7) is 7.53. The van der Waals surface area contributed by atoms with E-state index < -0.39 is 28.4 Å². The van der Waals surface area contributed by atoms with Crippen LogP contribution in [-0.4, -0.2) is 18.5 Å². The van der Waals surface area contributed by atoms with Gasteiger partial charge in [-0.3, -0.25) is 0 Å². The van der Waals surface area contributed by atoms with E-state index in [0.717, 1.165) is 5.56 Å². The quantitative estimate of drug-likeness (QED) is 0.589. The predicted molar refractivity (Wildman–Crippen MR) is 101 cm³/mol. The smallest absolute Gasteiger partial charge is 0.246 e. The van der Waals surface area contributed by atoms with Gasteiger partial charge in [0, 0.05) is 5.56 Å². The van der Waals surface area contributed by atoms with Gasteiger partial charge in [0.15, 0.2) is 0 Å². The average Bonchev–Trinajstić information content (AvgIpc) is 2.65. The van der Waals surface area contributed by atoms with Gasteiger partial charge in [0.05, 0.1) is 5.41 Å². The zero-order chi connectivity index (χ0) is 20.4. The molecule has 0 bridgehead atoms. The van der Waals surface area contributed by atoms with E-state index in [9.17, 15) is 9.59 Å². The van der Waals surface area contributed by atoms with Crippen molar-refractivity contribution >= 4 is 11.9 Å². The molecule has 1 saturated heterocycles. The lowest BCUT2D eigenvalue weighted by Crippen LogP contribution is -2.53. The van der Waals surface area contributed by atoms with Crippen LogP contribution in [0.3, 0.4) is 0 Å². The standard InChI is InChI=1S/C22H24O6/c1-20(2,3)21(4,16-11-7-5-8-12-16)18(23)26-27-19(24)22(15-25-28-22)17-13-9-6-10-14-17/h5-14H,15H2,1-4H3. The molecule has 148 valence electrons. The first-order valence-electron chi connectivity index (χ1n) is 9.07. The van der Waals surface area contributed by atoms with Crippen molar-refractivity contribution in [3.63, 3.8) is 0 Å². The van der Waals surface area contributed by atoms with Crippen molar-refractivity contribution in [3.8, 4) is 0 Å². The Balaban J connectivity index is 1.79. The third-order valence-corrected chi connectivity index (χ3v) is 5.49. The predicted octanol–water partition coefficient (Wildman–Crippen LogP) is 3.85. The molecule has 2 atom stereocenters. The highest BCUT2D eigenvalue weighted by molar-refractivity contribution is 5.86. The second-order valence-electron chi connectivity index (χ2n) is 8.02. The molecule has 0 spiro atoms. The van der Waals surface area contributed by atoms with Crippen LogP contribution in [0, 0.1) is 5.41 Å². The van der Waals surface area contributed by atoms with Crippen LogP contribution in [0.4, 0.5) is 0 Å². The summed E-state index contributed by atoms with van der Waals surface area (Å²) in [6.07, 6.45) is 0. The fourth-order valence-electron chi connectivity index (χ4n) is 3.08. The van der Waals surface area contributed by atoms with E-state index >= 15 is 0 Å². The van der Waals surface area contributed by atoms with E-state index in [4.69, 9.17) is 19.6 Å². The number of rotatable bonds is 4. The van der Waals surface area contributed by atoms with Crippen LogP contribution in [0.2, 0.25) is 0 Å². The first-order chi connectivity index (χ1) is 13.2. The van der Waals surface area contributed by atoms with Gasteiger partial charge >= 0.3 is 11.9 Å². The summed E-state index contributed by atoms with van der Waals surface area (Å²) in [7, 11) is 0. The normalized spacial score (nSPS) is 21.1. The number of benzene rings is 2. The molecule has 0 aromatic heterocycles. The second-order valence-corrected chi connectivity index (χ2v) is 8.02. The van der Waals surface area contributed by atoms with Gasteiger partial charge < -0.3 is 0 Å². The van der Waals surface area contributed by atoms with Crippen LogP contribution in [-0.2, 0) is 40.2 Å². The highest BCUT2D eigenvalue weighted by Crippen LogP contribution is 2.43. The van der Waals surface area contributed by atoms with E-state index in [-0.39, 0.29) is 6.61 Å². The molecule has 1 heterocycles. The van der Waals surface area contributed by atoms with Crippen molar-refractivity contribution in [2.75, 3.05) is 6.61 Å². The first-order valence-corrected chi connectivity index (χ1v) is 9.07. The Morgan fingerprint density at radius 1 is 0.893 bits per heavy atom. The maximum Gasteiger partial charge on any atom is 0.397 e. The van der Waals surface area contributed by atoms with Crippen molar-refractivity contribution in [2.24, 2.45) is 5.41 Å². The minimum Gasteiger partial charge on any atom is -0.246 e. The number of hydrogen-bond donors (Lipinski definition) is 0. The molecule has 1 aliphatic rings. The minimum atomic E-state index is -1.44. The zero-order valence-electron chi connectivity index (χ0n) is 16.4. The maximum atomic E-state index is 13.0. The van der Waals surface area contributed by atoms with Crippen LogP contribution in [0.1, 0.15) is 38.8 Å². The molecule has 0 aliphatic carbocycles. The number of hydrogen-bond acceptors (Lipinski definition) is 6. The van der Waals surface area contributed by atoms with Gasteiger partial charge in [0.25, 0.3) is 5.60 Å². The van der Waals surface area contributed by atoms with E-state index in [1.807, 2.05) is 57.2 Å². The fraction of sp³-hybridized carbons (Fsp3) is 0.364. The van der Waals surface area contributed by atoms with Crippen LogP contribution in [0.5, 0.6) is 0 Å². The lowest BCUT2D eigenvalue weighted by Gasteiger charge is -2.39. The first kappa shape index (κ1) is 20.0. The molecule has 2 aromatic carbocycles. The van der Waals surface area contributed by atoms with Gasteiger partial charge in [-0.15, -0.1) is 0 Å². The molecule has 3 rings (SSSR count). The summed E-state index contributed by atoms with van der Waals surface area (Å²) in [5.74, 6) is -1.51. The molecule has 0 N–H and O–H groups in total. The Labute approximate surface area is 164 Å². The van der Waals surface area contributed by atoms with Crippen LogP contribution < -0.4 is 0 Å². The summed E-state index contributed by atoms with van der Waals surface area (Å²) in [4.78, 5) is 45.5. The molecule has 2 unspecified atom stereocenters. The summed E-state index contributed by atoms with van der Waals surface area (Å²) >= 11 is 0. The van der Waals surface area contributed by atoms with Crippen molar-refractivity contribution in [2.45, 2.75) is 38.7 Å². The lowest BCUT2D eigenvalue weighted by molar-refractivity contribution is -0.471. The molecular weight excluding hydrogens is 360 g/mol. The fourth-order valence-corrected chi connectivity index (χ4v) is 3.08.